The Kier molecular flexibility index (Phi) is 12.7. The summed E-state index contributed by atoms with van der Waals surface area (Å²) in [6, 6.07) is 6.92. The molecule has 0 spiro atoms. The van der Waals surface area contributed by atoms with E-state index in [1.807, 2.05) is 0 Å². The van der Waals surface area contributed by atoms with Crippen molar-refractivity contribution in [2.75, 3.05) is 6.61 Å². The van der Waals surface area contributed by atoms with E-state index in [4.69, 9.17) is 17.0 Å². The summed E-state index contributed by atoms with van der Waals surface area (Å²) in [5.74, 6) is 0.247. The molecule has 0 saturated carbocycles. The van der Waals surface area contributed by atoms with Gasteiger partial charge >= 0.3 is 0 Å². The Morgan fingerprint density at radius 1 is 0.893 bits per heavy atom. The second kappa shape index (κ2) is 14.9. The Labute approximate surface area is 173 Å². The van der Waals surface area contributed by atoms with Gasteiger partial charge in [-0.15, -0.1) is 0 Å². The molecular weight excluding hydrogens is 374 g/mol. The van der Waals surface area contributed by atoms with Gasteiger partial charge in [0.1, 0.15) is 5.75 Å². The maximum absolute atomic E-state index is 12.2. The molecule has 6 nitrogen and oxygen atoms in total. The molecule has 0 atom stereocenters. The van der Waals surface area contributed by atoms with Gasteiger partial charge in [-0.25, -0.2) is 0 Å². The second-order valence-electron chi connectivity index (χ2n) is 6.70. The summed E-state index contributed by atoms with van der Waals surface area (Å²) in [5, 5.41) is 2.59. The quantitative estimate of drug-likeness (QED) is 0.274. The van der Waals surface area contributed by atoms with Gasteiger partial charge in [0, 0.05) is 12.0 Å². The third-order valence-electron chi connectivity index (χ3n) is 4.18. The lowest BCUT2D eigenvalue weighted by molar-refractivity contribution is -0.121. The summed E-state index contributed by atoms with van der Waals surface area (Å²) in [7, 11) is 0. The molecule has 0 radical (unpaired) electrons. The number of nitrogens with one attached hydrogen (secondary N) is 3. The summed E-state index contributed by atoms with van der Waals surface area (Å²) < 4.78 is 5.69. The lowest BCUT2D eigenvalue weighted by Gasteiger charge is -2.11. The second-order valence-corrected chi connectivity index (χ2v) is 7.11. The number of unbranched alkanes of at least 4 members (excludes halogenated alkanes) is 6. The summed E-state index contributed by atoms with van der Waals surface area (Å²) in [5.41, 5.74) is 5.50. The Morgan fingerprint density at radius 2 is 1.54 bits per heavy atom. The molecule has 0 fully saturated rings. The van der Waals surface area contributed by atoms with Gasteiger partial charge in [0.2, 0.25) is 5.91 Å². The maximum Gasteiger partial charge on any atom is 0.257 e. The van der Waals surface area contributed by atoms with Crippen LogP contribution in [0.2, 0.25) is 0 Å². The minimum absolute atomic E-state index is 0.0567. The van der Waals surface area contributed by atoms with Crippen LogP contribution in [0.1, 0.15) is 82.0 Å². The van der Waals surface area contributed by atoms with Crippen molar-refractivity contribution >= 4 is 29.1 Å². The lowest BCUT2D eigenvalue weighted by atomic mass is 10.2. The number of carbonyl (C=O) groups is 2. The number of ether oxygens (including phenoxy) is 1. The fraction of sp³-hybridized carbons (Fsp3) is 0.571. The summed E-state index contributed by atoms with van der Waals surface area (Å²) in [6.45, 7) is 4.96. The van der Waals surface area contributed by atoms with Crippen LogP contribution in [0, 0.1) is 0 Å². The fourth-order valence-corrected chi connectivity index (χ4v) is 2.67. The van der Waals surface area contributed by atoms with E-state index in [1.165, 1.54) is 25.7 Å². The van der Waals surface area contributed by atoms with Crippen LogP contribution in [0.25, 0.3) is 0 Å². The average Bonchev–Trinajstić information content (AvgIpc) is 2.69. The lowest BCUT2D eigenvalue weighted by Crippen LogP contribution is -2.48. The van der Waals surface area contributed by atoms with Crippen molar-refractivity contribution in [1.29, 1.82) is 0 Å². The molecule has 1 aromatic carbocycles. The van der Waals surface area contributed by atoms with Crippen LogP contribution in [0.15, 0.2) is 24.3 Å². The largest absolute Gasteiger partial charge is 0.494 e. The van der Waals surface area contributed by atoms with E-state index in [1.54, 1.807) is 24.3 Å². The first kappa shape index (κ1) is 23.9. The summed E-state index contributed by atoms with van der Waals surface area (Å²) in [6.07, 6.45) is 9.27. The average molecular weight is 408 g/mol. The Bertz CT molecular complexity index is 605. The topological polar surface area (TPSA) is 79.5 Å². The first-order chi connectivity index (χ1) is 13.6. The van der Waals surface area contributed by atoms with E-state index in [0.717, 1.165) is 31.4 Å². The standard InChI is InChI=1S/C21H33N3O3S/c1-3-5-7-8-10-16-27-18-14-12-17(13-15-18)20(26)22-21(28)24-23-19(25)11-9-6-4-2/h12-15H,3-11,16H2,1-2H3,(H,23,25)(H2,22,24,26,28). The van der Waals surface area contributed by atoms with Crippen LogP contribution in [-0.2, 0) is 4.79 Å². The van der Waals surface area contributed by atoms with Crippen LogP contribution in [0.5, 0.6) is 5.75 Å². The highest BCUT2D eigenvalue weighted by Gasteiger charge is 2.09. The molecule has 2 amide bonds. The molecule has 0 aliphatic heterocycles. The third kappa shape index (κ3) is 10.9. The maximum atomic E-state index is 12.2. The molecule has 0 bridgehead atoms. The van der Waals surface area contributed by atoms with Gasteiger partial charge in [-0.2, -0.15) is 0 Å². The Morgan fingerprint density at radius 3 is 2.21 bits per heavy atom. The van der Waals surface area contributed by atoms with Crippen molar-refractivity contribution in [3.8, 4) is 5.75 Å². The van der Waals surface area contributed by atoms with Gasteiger partial charge < -0.3 is 4.74 Å². The van der Waals surface area contributed by atoms with Gasteiger partial charge in [0.25, 0.3) is 5.91 Å². The van der Waals surface area contributed by atoms with E-state index in [2.05, 4.69) is 30.0 Å². The first-order valence-corrected chi connectivity index (χ1v) is 10.6. The molecular formula is C21H33N3O3S. The van der Waals surface area contributed by atoms with Crippen LogP contribution in [0.3, 0.4) is 0 Å². The Balaban J connectivity index is 2.28. The molecule has 28 heavy (non-hydrogen) atoms. The highest BCUT2D eigenvalue weighted by atomic mass is 32.1. The molecule has 1 rings (SSSR count). The smallest absolute Gasteiger partial charge is 0.257 e. The van der Waals surface area contributed by atoms with Gasteiger partial charge in [0.15, 0.2) is 5.11 Å². The van der Waals surface area contributed by atoms with Crippen molar-refractivity contribution in [1.82, 2.24) is 16.2 Å². The monoisotopic (exact) mass is 407 g/mol. The van der Waals surface area contributed by atoms with E-state index in [0.29, 0.717) is 18.6 Å². The number of thiocarbonyl (C=S) groups is 1. The van der Waals surface area contributed by atoms with Crippen molar-refractivity contribution < 1.29 is 14.3 Å². The zero-order chi connectivity index (χ0) is 20.6. The molecule has 156 valence electrons. The molecule has 0 aliphatic carbocycles. The normalized spacial score (nSPS) is 10.2. The fourth-order valence-electron chi connectivity index (χ4n) is 2.53. The first-order valence-electron chi connectivity index (χ1n) is 10.2. The van der Waals surface area contributed by atoms with E-state index in [9.17, 15) is 9.59 Å². The molecule has 7 heteroatoms. The highest BCUT2D eigenvalue weighted by molar-refractivity contribution is 7.80. The molecule has 0 heterocycles. The van der Waals surface area contributed by atoms with Crippen molar-refractivity contribution in [3.05, 3.63) is 29.8 Å². The van der Waals surface area contributed by atoms with Crippen molar-refractivity contribution in [2.45, 2.75) is 71.6 Å². The van der Waals surface area contributed by atoms with Gasteiger partial charge in [-0.1, -0.05) is 52.4 Å². The van der Waals surface area contributed by atoms with Crippen molar-refractivity contribution in [2.24, 2.45) is 0 Å². The third-order valence-corrected chi connectivity index (χ3v) is 4.39. The van der Waals surface area contributed by atoms with E-state index >= 15 is 0 Å². The van der Waals surface area contributed by atoms with Gasteiger partial charge in [0.05, 0.1) is 6.61 Å². The number of hydrogen-bond donors (Lipinski definition) is 3. The number of hydrogen-bond acceptors (Lipinski definition) is 4. The zero-order valence-corrected chi connectivity index (χ0v) is 17.8. The van der Waals surface area contributed by atoms with Gasteiger partial charge in [-0.3, -0.25) is 25.8 Å². The molecule has 3 N–H and O–H groups in total. The van der Waals surface area contributed by atoms with Crippen LogP contribution < -0.4 is 20.9 Å². The number of hydrazine groups is 1. The number of carbonyl (C=O) groups excluding carboxylic acids is 2. The number of amides is 2. The minimum atomic E-state index is -0.344. The predicted molar refractivity (Wildman–Crippen MR) is 116 cm³/mol. The summed E-state index contributed by atoms with van der Waals surface area (Å²) >= 11 is 5.03. The zero-order valence-electron chi connectivity index (χ0n) is 17.0. The van der Waals surface area contributed by atoms with Gasteiger partial charge in [-0.05, 0) is 49.3 Å². The minimum Gasteiger partial charge on any atom is -0.494 e. The Hall–Kier alpha value is -2.15. The number of benzene rings is 1. The summed E-state index contributed by atoms with van der Waals surface area (Å²) in [4.78, 5) is 23.8. The van der Waals surface area contributed by atoms with Crippen LogP contribution in [-0.4, -0.2) is 23.5 Å². The van der Waals surface area contributed by atoms with E-state index < -0.39 is 0 Å². The highest BCUT2D eigenvalue weighted by Crippen LogP contribution is 2.13. The molecule has 0 aliphatic rings. The molecule has 0 saturated heterocycles. The SMILES string of the molecule is CCCCCCCOc1ccc(C(=O)NC(=S)NNC(=O)CCCCC)cc1. The number of rotatable bonds is 12. The molecule has 1 aromatic rings. The predicted octanol–water partition coefficient (Wildman–Crippen LogP) is 4.25. The van der Waals surface area contributed by atoms with Crippen LogP contribution >= 0.6 is 12.2 Å². The van der Waals surface area contributed by atoms with E-state index in [-0.39, 0.29) is 16.9 Å². The molecule has 0 aromatic heterocycles. The van der Waals surface area contributed by atoms with Crippen molar-refractivity contribution in [3.63, 3.8) is 0 Å². The molecule has 0 unspecified atom stereocenters. The van der Waals surface area contributed by atoms with Crippen LogP contribution in [0.4, 0.5) is 0 Å².